The Labute approximate surface area is 87.7 Å². The van der Waals surface area contributed by atoms with E-state index in [4.69, 9.17) is 4.42 Å². The van der Waals surface area contributed by atoms with Crippen LogP contribution in [-0.4, -0.2) is 12.8 Å². The summed E-state index contributed by atoms with van der Waals surface area (Å²) >= 11 is 0. The SMILES string of the molecule is CNc1ccccc1C(=O)c1ccco1. The summed E-state index contributed by atoms with van der Waals surface area (Å²) < 4.78 is 5.07. The molecule has 15 heavy (non-hydrogen) atoms. The zero-order valence-electron chi connectivity index (χ0n) is 8.36. The number of anilines is 1. The number of carbonyl (C=O) groups excluding carboxylic acids is 1. The fourth-order valence-electron chi connectivity index (χ4n) is 1.44. The van der Waals surface area contributed by atoms with E-state index in [-0.39, 0.29) is 5.78 Å². The predicted molar refractivity (Wildman–Crippen MR) is 58.1 cm³/mol. The van der Waals surface area contributed by atoms with Crippen molar-refractivity contribution in [1.29, 1.82) is 0 Å². The molecular weight excluding hydrogens is 190 g/mol. The summed E-state index contributed by atoms with van der Waals surface area (Å²) in [5, 5.41) is 2.98. The molecule has 3 heteroatoms. The molecule has 1 aromatic heterocycles. The topological polar surface area (TPSA) is 42.2 Å². The van der Waals surface area contributed by atoms with E-state index in [2.05, 4.69) is 5.32 Å². The van der Waals surface area contributed by atoms with Crippen molar-refractivity contribution in [1.82, 2.24) is 0 Å². The maximum Gasteiger partial charge on any atom is 0.230 e. The normalized spacial score (nSPS) is 9.93. The highest BCUT2D eigenvalue weighted by Gasteiger charge is 2.14. The minimum absolute atomic E-state index is 0.107. The number of furan rings is 1. The molecule has 3 nitrogen and oxygen atoms in total. The third-order valence-electron chi connectivity index (χ3n) is 2.19. The van der Waals surface area contributed by atoms with E-state index in [1.165, 1.54) is 6.26 Å². The molecule has 0 saturated carbocycles. The minimum atomic E-state index is -0.107. The van der Waals surface area contributed by atoms with E-state index in [0.717, 1.165) is 5.69 Å². The van der Waals surface area contributed by atoms with E-state index >= 15 is 0 Å². The molecule has 0 unspecified atom stereocenters. The van der Waals surface area contributed by atoms with Crippen LogP contribution in [0.3, 0.4) is 0 Å². The van der Waals surface area contributed by atoms with Gasteiger partial charge in [0.05, 0.1) is 6.26 Å². The average molecular weight is 201 g/mol. The molecule has 0 bridgehead atoms. The molecule has 0 aliphatic heterocycles. The predicted octanol–water partition coefficient (Wildman–Crippen LogP) is 2.55. The number of ketones is 1. The van der Waals surface area contributed by atoms with Gasteiger partial charge < -0.3 is 9.73 Å². The second kappa shape index (κ2) is 4.00. The molecule has 2 aromatic rings. The molecule has 0 fully saturated rings. The third kappa shape index (κ3) is 1.76. The van der Waals surface area contributed by atoms with E-state index in [0.29, 0.717) is 11.3 Å². The van der Waals surface area contributed by atoms with Crippen LogP contribution in [0, 0.1) is 0 Å². The van der Waals surface area contributed by atoms with Gasteiger partial charge in [0, 0.05) is 18.3 Å². The molecule has 1 aromatic carbocycles. The van der Waals surface area contributed by atoms with Crippen molar-refractivity contribution >= 4 is 11.5 Å². The Morgan fingerprint density at radius 2 is 2.00 bits per heavy atom. The number of benzene rings is 1. The van der Waals surface area contributed by atoms with Gasteiger partial charge in [0.2, 0.25) is 5.78 Å². The van der Waals surface area contributed by atoms with Crippen LogP contribution in [-0.2, 0) is 0 Å². The van der Waals surface area contributed by atoms with E-state index in [1.807, 2.05) is 18.2 Å². The Bertz CT molecular complexity index is 460. The van der Waals surface area contributed by atoms with Crippen LogP contribution in [0.15, 0.2) is 47.1 Å². The molecule has 2 rings (SSSR count). The Balaban J connectivity index is 2.42. The Morgan fingerprint density at radius 3 is 2.67 bits per heavy atom. The fraction of sp³-hybridized carbons (Fsp3) is 0.0833. The van der Waals surface area contributed by atoms with Gasteiger partial charge in [-0.3, -0.25) is 4.79 Å². The van der Waals surface area contributed by atoms with E-state index < -0.39 is 0 Å². The van der Waals surface area contributed by atoms with Crippen LogP contribution >= 0.6 is 0 Å². The third-order valence-corrected chi connectivity index (χ3v) is 2.19. The first-order valence-corrected chi connectivity index (χ1v) is 4.68. The second-order valence-electron chi connectivity index (χ2n) is 3.10. The van der Waals surface area contributed by atoms with Crippen molar-refractivity contribution in [3.05, 3.63) is 54.0 Å². The van der Waals surface area contributed by atoms with Crippen molar-refractivity contribution in [2.75, 3.05) is 12.4 Å². The molecule has 0 spiro atoms. The largest absolute Gasteiger partial charge is 0.461 e. The highest BCUT2D eigenvalue weighted by molar-refractivity contribution is 6.10. The van der Waals surface area contributed by atoms with Crippen LogP contribution in [0.5, 0.6) is 0 Å². The minimum Gasteiger partial charge on any atom is -0.461 e. The van der Waals surface area contributed by atoms with Crippen LogP contribution < -0.4 is 5.32 Å². The number of carbonyl (C=O) groups is 1. The second-order valence-corrected chi connectivity index (χ2v) is 3.10. The summed E-state index contributed by atoms with van der Waals surface area (Å²) in [6.07, 6.45) is 1.50. The number of nitrogens with one attached hydrogen (secondary N) is 1. The molecule has 1 heterocycles. The maximum absolute atomic E-state index is 12.0. The number of hydrogen-bond acceptors (Lipinski definition) is 3. The van der Waals surface area contributed by atoms with Gasteiger partial charge in [-0.1, -0.05) is 12.1 Å². The highest BCUT2D eigenvalue weighted by atomic mass is 16.3. The summed E-state index contributed by atoms with van der Waals surface area (Å²) in [6.45, 7) is 0. The standard InChI is InChI=1S/C12H11NO2/c1-13-10-6-3-2-5-9(10)12(14)11-7-4-8-15-11/h2-8,13H,1H3. The Hall–Kier alpha value is -2.03. The number of rotatable bonds is 3. The maximum atomic E-state index is 12.0. The molecule has 1 N–H and O–H groups in total. The first-order chi connectivity index (χ1) is 7.33. The smallest absolute Gasteiger partial charge is 0.230 e. The molecular formula is C12H11NO2. The zero-order chi connectivity index (χ0) is 10.7. The summed E-state index contributed by atoms with van der Waals surface area (Å²) in [7, 11) is 1.79. The van der Waals surface area contributed by atoms with Gasteiger partial charge in [-0.05, 0) is 24.3 Å². The first-order valence-electron chi connectivity index (χ1n) is 4.68. The van der Waals surface area contributed by atoms with Crippen LogP contribution in [0.2, 0.25) is 0 Å². The molecule has 0 atom stereocenters. The van der Waals surface area contributed by atoms with Crippen LogP contribution in [0.25, 0.3) is 0 Å². The lowest BCUT2D eigenvalue weighted by Crippen LogP contribution is -2.04. The van der Waals surface area contributed by atoms with Crippen LogP contribution in [0.4, 0.5) is 5.69 Å². The van der Waals surface area contributed by atoms with Gasteiger partial charge in [-0.15, -0.1) is 0 Å². The van der Waals surface area contributed by atoms with E-state index in [9.17, 15) is 4.79 Å². The molecule has 76 valence electrons. The Kier molecular flexibility index (Phi) is 2.54. The molecule has 0 radical (unpaired) electrons. The van der Waals surface area contributed by atoms with Gasteiger partial charge >= 0.3 is 0 Å². The molecule has 0 aliphatic carbocycles. The quantitative estimate of drug-likeness (QED) is 0.776. The lowest BCUT2D eigenvalue weighted by atomic mass is 10.1. The lowest BCUT2D eigenvalue weighted by molar-refractivity contribution is 0.101. The summed E-state index contributed by atoms with van der Waals surface area (Å²) in [5.41, 5.74) is 1.42. The molecule has 0 aliphatic rings. The molecule has 0 saturated heterocycles. The van der Waals surface area contributed by atoms with Crippen molar-refractivity contribution in [2.24, 2.45) is 0 Å². The van der Waals surface area contributed by atoms with Crippen molar-refractivity contribution in [3.8, 4) is 0 Å². The molecule has 0 amide bonds. The lowest BCUT2D eigenvalue weighted by Gasteiger charge is -2.05. The highest BCUT2D eigenvalue weighted by Crippen LogP contribution is 2.18. The summed E-state index contributed by atoms with van der Waals surface area (Å²) in [4.78, 5) is 12.0. The zero-order valence-corrected chi connectivity index (χ0v) is 8.36. The van der Waals surface area contributed by atoms with Gasteiger partial charge in [0.15, 0.2) is 5.76 Å². The van der Waals surface area contributed by atoms with Gasteiger partial charge in [0.25, 0.3) is 0 Å². The summed E-state index contributed by atoms with van der Waals surface area (Å²) in [6, 6.07) is 10.7. The van der Waals surface area contributed by atoms with Gasteiger partial charge in [-0.25, -0.2) is 0 Å². The van der Waals surface area contributed by atoms with Crippen LogP contribution in [0.1, 0.15) is 16.1 Å². The monoisotopic (exact) mass is 201 g/mol. The van der Waals surface area contributed by atoms with Gasteiger partial charge in [0.1, 0.15) is 0 Å². The average Bonchev–Trinajstić information content (AvgIpc) is 2.81. The number of hydrogen-bond donors (Lipinski definition) is 1. The van der Waals surface area contributed by atoms with Crippen molar-refractivity contribution < 1.29 is 9.21 Å². The van der Waals surface area contributed by atoms with Gasteiger partial charge in [-0.2, -0.15) is 0 Å². The van der Waals surface area contributed by atoms with E-state index in [1.54, 1.807) is 25.2 Å². The number of para-hydroxylation sites is 1. The van der Waals surface area contributed by atoms with Crippen molar-refractivity contribution in [2.45, 2.75) is 0 Å². The summed E-state index contributed by atoms with van der Waals surface area (Å²) in [5.74, 6) is 0.252. The van der Waals surface area contributed by atoms with Crippen molar-refractivity contribution in [3.63, 3.8) is 0 Å². The Morgan fingerprint density at radius 1 is 1.20 bits per heavy atom. The fourth-order valence-corrected chi connectivity index (χ4v) is 1.44. The first kappa shape index (κ1) is 9.52.